The molecule has 0 bridgehead atoms. The standard InChI is InChI=1S/C7H17NO2PS/c1-6(2)11(7(3)4)8-12(5,9)10/h6-7H,1-5H3/q+1. The van der Waals surface area contributed by atoms with Gasteiger partial charge in [0.25, 0.3) is 10.0 Å². The van der Waals surface area contributed by atoms with Crippen LogP contribution >= 0.6 is 7.71 Å². The van der Waals surface area contributed by atoms with Crippen LogP contribution in [0.15, 0.2) is 4.15 Å². The minimum Gasteiger partial charge on any atom is -0.202 e. The first kappa shape index (κ1) is 12.0. The highest BCUT2D eigenvalue weighted by atomic mass is 32.2. The molecule has 0 heterocycles. The zero-order valence-corrected chi connectivity index (χ0v) is 9.98. The molecule has 5 heteroatoms. The largest absolute Gasteiger partial charge is 0.285 e. The van der Waals surface area contributed by atoms with Gasteiger partial charge in [0, 0.05) is 4.15 Å². The first-order chi connectivity index (χ1) is 5.24. The number of rotatable bonds is 3. The van der Waals surface area contributed by atoms with E-state index < -0.39 is 17.7 Å². The molecule has 0 rings (SSSR count). The fourth-order valence-corrected chi connectivity index (χ4v) is 5.03. The van der Waals surface area contributed by atoms with Crippen LogP contribution in [0.4, 0.5) is 0 Å². The molecule has 3 nitrogen and oxygen atoms in total. The number of hydrogen-bond donors (Lipinski definition) is 0. The highest BCUT2D eigenvalue weighted by Gasteiger charge is 2.25. The Bertz CT molecular complexity index is 257. The molecule has 0 aliphatic carbocycles. The molecule has 0 aliphatic heterocycles. The minimum atomic E-state index is -3.16. The summed E-state index contributed by atoms with van der Waals surface area (Å²) in [5.74, 6) is 0. The second kappa shape index (κ2) is 4.33. The number of sulfonamides is 1. The Morgan fingerprint density at radius 1 is 1.08 bits per heavy atom. The molecule has 0 unspecified atom stereocenters. The zero-order valence-electron chi connectivity index (χ0n) is 8.27. The van der Waals surface area contributed by atoms with Crippen LogP contribution in [-0.2, 0) is 10.0 Å². The predicted molar refractivity (Wildman–Crippen MR) is 54.5 cm³/mol. The van der Waals surface area contributed by atoms with Gasteiger partial charge in [0.1, 0.15) is 11.3 Å². The summed E-state index contributed by atoms with van der Waals surface area (Å²) in [6, 6.07) is 0. The van der Waals surface area contributed by atoms with Crippen LogP contribution < -0.4 is 0 Å². The predicted octanol–water partition coefficient (Wildman–Crippen LogP) is 2.43. The first-order valence-corrected chi connectivity index (χ1v) is 7.23. The molecule has 0 spiro atoms. The molecule has 0 aromatic carbocycles. The smallest absolute Gasteiger partial charge is 0.202 e. The summed E-state index contributed by atoms with van der Waals surface area (Å²) < 4.78 is 25.6. The van der Waals surface area contributed by atoms with Gasteiger partial charge in [0.2, 0.25) is 7.71 Å². The Kier molecular flexibility index (Phi) is 4.35. The maximum Gasteiger partial charge on any atom is 0.285 e. The molecule has 0 saturated carbocycles. The minimum absolute atomic E-state index is 0.342. The monoisotopic (exact) mass is 210 g/mol. The Balaban J connectivity index is 4.88. The molecule has 0 amide bonds. The molecule has 0 fully saturated rings. The molecule has 0 N–H and O–H groups in total. The molecule has 0 radical (unpaired) electrons. The van der Waals surface area contributed by atoms with Crippen molar-refractivity contribution >= 4 is 17.7 Å². The third-order valence-electron chi connectivity index (χ3n) is 1.30. The van der Waals surface area contributed by atoms with Crippen LogP contribution in [0.5, 0.6) is 0 Å². The average molecular weight is 210 g/mol. The molecule has 0 saturated heterocycles. The van der Waals surface area contributed by atoms with Crippen LogP contribution in [-0.4, -0.2) is 26.0 Å². The van der Waals surface area contributed by atoms with Gasteiger partial charge in [-0.05, 0) is 27.7 Å². The zero-order chi connectivity index (χ0) is 9.94. The molecule has 0 aromatic rings. The Morgan fingerprint density at radius 3 is 1.50 bits per heavy atom. The quantitative estimate of drug-likeness (QED) is 0.671. The fourth-order valence-electron chi connectivity index (χ4n) is 0.956. The lowest BCUT2D eigenvalue weighted by atomic mass is 10.5. The topological polar surface area (TPSA) is 46.5 Å². The van der Waals surface area contributed by atoms with Crippen LogP contribution in [0.2, 0.25) is 0 Å². The SMILES string of the molecule is CC(C)[P+](=NS(C)(=O)=O)C(C)C. The Morgan fingerprint density at radius 2 is 1.42 bits per heavy atom. The first-order valence-electron chi connectivity index (χ1n) is 3.95. The van der Waals surface area contributed by atoms with Crippen molar-refractivity contribution in [1.29, 1.82) is 0 Å². The summed E-state index contributed by atoms with van der Waals surface area (Å²) in [6.07, 6.45) is 1.16. The molecule has 0 aromatic heterocycles. The van der Waals surface area contributed by atoms with Crippen molar-refractivity contribution in [2.24, 2.45) is 4.15 Å². The number of nitrogens with zero attached hydrogens (tertiary/aromatic N) is 1. The van der Waals surface area contributed by atoms with E-state index in [2.05, 4.69) is 4.15 Å². The van der Waals surface area contributed by atoms with E-state index in [-0.39, 0.29) is 0 Å². The van der Waals surface area contributed by atoms with Crippen molar-refractivity contribution in [2.75, 3.05) is 6.26 Å². The normalized spacial score (nSPS) is 12.2. The van der Waals surface area contributed by atoms with E-state index in [1.807, 2.05) is 27.7 Å². The van der Waals surface area contributed by atoms with Gasteiger partial charge in [-0.2, -0.15) is 0 Å². The Labute approximate surface area is 76.1 Å². The van der Waals surface area contributed by atoms with Gasteiger partial charge in [-0.15, -0.1) is 0 Å². The fraction of sp³-hybridized carbons (Fsp3) is 1.00. The summed E-state index contributed by atoms with van der Waals surface area (Å²) in [6.45, 7) is 8.06. The lowest BCUT2D eigenvalue weighted by Crippen LogP contribution is -1.99. The van der Waals surface area contributed by atoms with Crippen molar-refractivity contribution in [3.05, 3.63) is 0 Å². The lowest BCUT2D eigenvalue weighted by molar-refractivity contribution is 0.604. The van der Waals surface area contributed by atoms with Gasteiger partial charge in [-0.1, -0.05) is 0 Å². The van der Waals surface area contributed by atoms with Crippen molar-refractivity contribution in [3.63, 3.8) is 0 Å². The third kappa shape index (κ3) is 4.83. The van der Waals surface area contributed by atoms with Crippen LogP contribution in [0.1, 0.15) is 27.7 Å². The molecule has 0 aliphatic rings. The van der Waals surface area contributed by atoms with E-state index in [1.54, 1.807) is 0 Å². The van der Waals surface area contributed by atoms with Gasteiger partial charge in [-0.25, -0.2) is 8.42 Å². The third-order valence-corrected chi connectivity index (χ3v) is 5.36. The van der Waals surface area contributed by atoms with Crippen LogP contribution in [0.25, 0.3) is 0 Å². The van der Waals surface area contributed by atoms with Crippen molar-refractivity contribution in [1.82, 2.24) is 0 Å². The van der Waals surface area contributed by atoms with Gasteiger partial charge in [-0.3, -0.25) is 0 Å². The summed E-state index contributed by atoms with van der Waals surface area (Å²) in [5.41, 5.74) is 0.685. The highest BCUT2D eigenvalue weighted by Crippen LogP contribution is 2.38. The van der Waals surface area contributed by atoms with Crippen molar-refractivity contribution in [2.45, 2.75) is 39.0 Å². The van der Waals surface area contributed by atoms with E-state index in [0.717, 1.165) is 6.26 Å². The molecular weight excluding hydrogens is 193 g/mol. The second-order valence-corrected chi connectivity index (χ2v) is 8.33. The Hall–Kier alpha value is 0.0500. The molecule has 72 valence electrons. The summed E-state index contributed by atoms with van der Waals surface area (Å²) in [4.78, 5) is 0. The molecule has 0 atom stereocenters. The highest BCUT2D eigenvalue weighted by molar-refractivity contribution is 7.92. The van der Waals surface area contributed by atoms with E-state index in [9.17, 15) is 8.42 Å². The average Bonchev–Trinajstić information content (AvgIpc) is 1.79. The van der Waals surface area contributed by atoms with Crippen molar-refractivity contribution < 1.29 is 8.42 Å². The summed E-state index contributed by atoms with van der Waals surface area (Å²) >= 11 is 0. The summed E-state index contributed by atoms with van der Waals surface area (Å²) in [7, 11) is -3.89. The van der Waals surface area contributed by atoms with Crippen molar-refractivity contribution in [3.8, 4) is 0 Å². The van der Waals surface area contributed by atoms with Crippen LogP contribution in [0.3, 0.4) is 0 Å². The van der Waals surface area contributed by atoms with Gasteiger partial charge >= 0.3 is 0 Å². The molecule has 12 heavy (non-hydrogen) atoms. The van der Waals surface area contributed by atoms with Crippen LogP contribution in [0, 0.1) is 0 Å². The van der Waals surface area contributed by atoms with E-state index in [4.69, 9.17) is 0 Å². The van der Waals surface area contributed by atoms with Gasteiger partial charge < -0.3 is 0 Å². The summed E-state index contributed by atoms with van der Waals surface area (Å²) in [5, 5.41) is 0. The second-order valence-electron chi connectivity index (χ2n) is 3.38. The number of hydrogen-bond acceptors (Lipinski definition) is 2. The van der Waals surface area contributed by atoms with Gasteiger partial charge in [0.05, 0.1) is 6.26 Å². The maximum absolute atomic E-state index is 10.9. The lowest BCUT2D eigenvalue weighted by Gasteiger charge is -1.99. The van der Waals surface area contributed by atoms with E-state index in [1.165, 1.54) is 0 Å². The maximum atomic E-state index is 10.9. The van der Waals surface area contributed by atoms with E-state index in [0.29, 0.717) is 11.3 Å². The van der Waals surface area contributed by atoms with Gasteiger partial charge in [0.15, 0.2) is 0 Å². The molecular formula is C7H17NO2PS+. The van der Waals surface area contributed by atoms with E-state index >= 15 is 0 Å².